The van der Waals surface area contributed by atoms with E-state index in [1.807, 2.05) is 0 Å². The van der Waals surface area contributed by atoms with Gasteiger partial charge in [0, 0.05) is 18.8 Å². The zero-order valence-electron chi connectivity index (χ0n) is 12.1. The topological polar surface area (TPSA) is 29.3 Å². The molecule has 1 unspecified atom stereocenters. The van der Waals surface area contributed by atoms with Gasteiger partial charge in [0.25, 0.3) is 0 Å². The summed E-state index contributed by atoms with van der Waals surface area (Å²) in [7, 11) is 2.18. The molecule has 0 aliphatic carbocycles. The van der Waals surface area contributed by atoms with E-state index < -0.39 is 0 Å². The van der Waals surface area contributed by atoms with E-state index in [1.165, 1.54) is 27.9 Å². The van der Waals surface area contributed by atoms with Crippen LogP contribution in [0.25, 0.3) is 0 Å². The van der Waals surface area contributed by atoms with Crippen molar-refractivity contribution in [1.29, 1.82) is 0 Å². The highest BCUT2D eigenvalue weighted by Gasteiger charge is 2.16. The van der Waals surface area contributed by atoms with Crippen LogP contribution in [-0.2, 0) is 0 Å². The molecule has 0 aliphatic heterocycles. The van der Waals surface area contributed by atoms with Gasteiger partial charge < -0.3 is 10.6 Å². The smallest absolute Gasteiger partial charge is 0.0430 e. The molecular formula is C15H26N2. The lowest BCUT2D eigenvalue weighted by atomic mass is 9.97. The molecule has 0 spiro atoms. The molecular weight excluding hydrogens is 208 g/mol. The van der Waals surface area contributed by atoms with Gasteiger partial charge in [-0.15, -0.1) is 0 Å². The van der Waals surface area contributed by atoms with Gasteiger partial charge in [-0.2, -0.15) is 0 Å². The molecule has 1 aromatic rings. The summed E-state index contributed by atoms with van der Waals surface area (Å²) in [5.74, 6) is 0. The van der Waals surface area contributed by atoms with Crippen molar-refractivity contribution in [3.05, 3.63) is 28.3 Å². The number of rotatable bonds is 4. The Bertz CT molecular complexity index is 370. The Balaban J connectivity index is 3.20. The van der Waals surface area contributed by atoms with Crippen LogP contribution in [0.5, 0.6) is 0 Å². The molecule has 1 aromatic carbocycles. The molecule has 2 nitrogen and oxygen atoms in total. The maximum atomic E-state index is 5.65. The van der Waals surface area contributed by atoms with Gasteiger partial charge in [-0.05, 0) is 69.8 Å². The molecule has 2 N–H and O–H groups in total. The third kappa shape index (κ3) is 2.81. The Morgan fingerprint density at radius 3 is 2.00 bits per heavy atom. The molecule has 2 heteroatoms. The van der Waals surface area contributed by atoms with Crippen molar-refractivity contribution in [2.75, 3.05) is 18.5 Å². The molecule has 0 aliphatic rings. The van der Waals surface area contributed by atoms with Crippen molar-refractivity contribution in [3.63, 3.8) is 0 Å². The van der Waals surface area contributed by atoms with Crippen LogP contribution in [0.2, 0.25) is 0 Å². The largest absolute Gasteiger partial charge is 0.371 e. The van der Waals surface area contributed by atoms with Crippen LogP contribution < -0.4 is 10.6 Å². The maximum Gasteiger partial charge on any atom is 0.0430 e. The van der Waals surface area contributed by atoms with Gasteiger partial charge in [-0.25, -0.2) is 0 Å². The fourth-order valence-electron chi connectivity index (χ4n) is 2.38. The predicted molar refractivity (Wildman–Crippen MR) is 76.9 cm³/mol. The van der Waals surface area contributed by atoms with Gasteiger partial charge in [0.2, 0.25) is 0 Å². The molecule has 0 saturated heterocycles. The van der Waals surface area contributed by atoms with Gasteiger partial charge in [0.1, 0.15) is 0 Å². The van der Waals surface area contributed by atoms with Crippen molar-refractivity contribution < 1.29 is 0 Å². The first kappa shape index (κ1) is 14.0. The molecule has 0 bridgehead atoms. The second-order valence-corrected chi connectivity index (χ2v) is 5.15. The average molecular weight is 234 g/mol. The first-order valence-electron chi connectivity index (χ1n) is 6.40. The van der Waals surface area contributed by atoms with Crippen molar-refractivity contribution in [3.8, 4) is 0 Å². The van der Waals surface area contributed by atoms with Gasteiger partial charge in [-0.3, -0.25) is 0 Å². The molecule has 0 saturated carbocycles. The Labute approximate surface area is 106 Å². The lowest BCUT2D eigenvalue weighted by Gasteiger charge is -2.31. The first-order valence-corrected chi connectivity index (χ1v) is 6.40. The zero-order valence-corrected chi connectivity index (χ0v) is 12.1. The van der Waals surface area contributed by atoms with Crippen LogP contribution in [0.4, 0.5) is 5.69 Å². The van der Waals surface area contributed by atoms with Crippen LogP contribution in [0, 0.1) is 27.7 Å². The summed E-state index contributed by atoms with van der Waals surface area (Å²) >= 11 is 0. The van der Waals surface area contributed by atoms with Gasteiger partial charge >= 0.3 is 0 Å². The monoisotopic (exact) mass is 234 g/mol. The van der Waals surface area contributed by atoms with Crippen molar-refractivity contribution in [1.82, 2.24) is 0 Å². The Hall–Kier alpha value is -1.02. The van der Waals surface area contributed by atoms with Crippen LogP contribution in [0.3, 0.4) is 0 Å². The van der Waals surface area contributed by atoms with Crippen molar-refractivity contribution in [2.24, 2.45) is 5.73 Å². The number of benzene rings is 1. The number of hydrogen-bond acceptors (Lipinski definition) is 2. The summed E-state index contributed by atoms with van der Waals surface area (Å²) in [6, 6.07) is 2.76. The van der Waals surface area contributed by atoms with Crippen LogP contribution in [0.1, 0.15) is 35.6 Å². The lowest BCUT2D eigenvalue weighted by Crippen LogP contribution is -2.32. The highest BCUT2D eigenvalue weighted by atomic mass is 15.1. The summed E-state index contributed by atoms with van der Waals surface area (Å²) in [6.07, 6.45) is 1.03. The minimum atomic E-state index is 0.485. The van der Waals surface area contributed by atoms with E-state index in [4.69, 9.17) is 5.73 Å². The van der Waals surface area contributed by atoms with Gasteiger partial charge in [0.15, 0.2) is 0 Å². The fraction of sp³-hybridized carbons (Fsp3) is 0.600. The number of nitrogens with two attached hydrogens (primary N) is 1. The molecule has 0 aromatic heterocycles. The van der Waals surface area contributed by atoms with Gasteiger partial charge in [-0.1, -0.05) is 6.07 Å². The normalized spacial score (nSPS) is 12.6. The van der Waals surface area contributed by atoms with E-state index in [2.05, 4.69) is 52.6 Å². The first-order chi connectivity index (χ1) is 7.90. The van der Waals surface area contributed by atoms with Gasteiger partial charge in [0.05, 0.1) is 0 Å². The summed E-state index contributed by atoms with van der Waals surface area (Å²) in [5, 5.41) is 0. The Morgan fingerprint density at radius 2 is 1.59 bits per heavy atom. The highest BCUT2D eigenvalue weighted by molar-refractivity contribution is 5.63. The molecule has 0 amide bonds. The van der Waals surface area contributed by atoms with E-state index in [0.717, 1.165) is 13.0 Å². The average Bonchev–Trinajstić information content (AvgIpc) is 2.27. The number of nitrogens with zero attached hydrogens (tertiary/aromatic N) is 1. The summed E-state index contributed by atoms with van der Waals surface area (Å²) in [4.78, 5) is 2.37. The predicted octanol–water partition coefficient (Wildman–Crippen LogP) is 3.09. The number of hydrogen-bond donors (Lipinski definition) is 1. The highest BCUT2D eigenvalue weighted by Crippen LogP contribution is 2.30. The van der Waals surface area contributed by atoms with E-state index in [0.29, 0.717) is 6.04 Å². The minimum absolute atomic E-state index is 0.485. The van der Waals surface area contributed by atoms with Crippen molar-refractivity contribution in [2.45, 2.75) is 47.1 Å². The SMILES string of the molecule is Cc1cc(C)c(C)c(N(C)C(C)CCN)c1C. The minimum Gasteiger partial charge on any atom is -0.371 e. The molecule has 1 rings (SSSR count). The zero-order chi connectivity index (χ0) is 13.2. The summed E-state index contributed by atoms with van der Waals surface area (Å²) in [6.45, 7) is 11.8. The third-order valence-electron chi connectivity index (χ3n) is 3.92. The Morgan fingerprint density at radius 1 is 1.12 bits per heavy atom. The molecule has 1 atom stereocenters. The van der Waals surface area contributed by atoms with Crippen LogP contribution in [-0.4, -0.2) is 19.6 Å². The van der Waals surface area contributed by atoms with E-state index >= 15 is 0 Å². The second kappa shape index (κ2) is 5.54. The lowest BCUT2D eigenvalue weighted by molar-refractivity contribution is 0.632. The fourth-order valence-corrected chi connectivity index (χ4v) is 2.38. The second-order valence-electron chi connectivity index (χ2n) is 5.15. The van der Waals surface area contributed by atoms with Crippen molar-refractivity contribution >= 4 is 5.69 Å². The van der Waals surface area contributed by atoms with Crippen LogP contribution in [0.15, 0.2) is 6.07 Å². The summed E-state index contributed by atoms with van der Waals surface area (Å²) < 4.78 is 0. The Kier molecular flexibility index (Phi) is 4.58. The standard InChI is InChI=1S/C15H26N2/c1-10-9-11(2)14(5)15(13(10)4)17(6)12(3)7-8-16/h9,12H,7-8,16H2,1-6H3. The van der Waals surface area contributed by atoms with E-state index in [9.17, 15) is 0 Å². The number of anilines is 1. The molecule has 17 heavy (non-hydrogen) atoms. The maximum absolute atomic E-state index is 5.65. The molecule has 96 valence electrons. The van der Waals surface area contributed by atoms with E-state index in [1.54, 1.807) is 0 Å². The molecule has 0 heterocycles. The molecule has 0 radical (unpaired) electrons. The quantitative estimate of drug-likeness (QED) is 0.867. The van der Waals surface area contributed by atoms with E-state index in [-0.39, 0.29) is 0 Å². The summed E-state index contributed by atoms with van der Waals surface area (Å²) in [5.41, 5.74) is 12.6. The third-order valence-corrected chi connectivity index (χ3v) is 3.92. The number of aryl methyl sites for hydroxylation is 2. The molecule has 0 fully saturated rings. The van der Waals surface area contributed by atoms with Crippen LogP contribution >= 0.6 is 0 Å².